The first-order valence-electron chi connectivity index (χ1n) is 11.4. The van der Waals surface area contributed by atoms with E-state index >= 15 is 0 Å². The van der Waals surface area contributed by atoms with Crippen LogP contribution in [0.3, 0.4) is 0 Å². The van der Waals surface area contributed by atoms with Crippen LogP contribution in [-0.4, -0.2) is 52.2 Å². The summed E-state index contributed by atoms with van der Waals surface area (Å²) in [6, 6.07) is 13.5. The average Bonchev–Trinajstić information content (AvgIpc) is 3.38. The fourth-order valence-corrected chi connectivity index (χ4v) is 4.22. The van der Waals surface area contributed by atoms with Gasteiger partial charge in [-0.15, -0.1) is 0 Å². The third-order valence-electron chi connectivity index (χ3n) is 6.10. The van der Waals surface area contributed by atoms with E-state index in [4.69, 9.17) is 4.42 Å². The molecule has 1 aliphatic rings. The quantitative estimate of drug-likeness (QED) is 0.575. The molecular weight excluding hydrogens is 418 g/mol. The second-order valence-electron chi connectivity index (χ2n) is 8.59. The summed E-state index contributed by atoms with van der Waals surface area (Å²) < 4.78 is 7.25. The van der Waals surface area contributed by atoms with Crippen molar-refractivity contribution in [1.29, 1.82) is 0 Å². The van der Waals surface area contributed by atoms with Crippen molar-refractivity contribution in [3.8, 4) is 5.69 Å². The zero-order chi connectivity index (χ0) is 23.4. The minimum Gasteiger partial charge on any atom is -0.456 e. The van der Waals surface area contributed by atoms with Gasteiger partial charge < -0.3 is 20.0 Å². The molecule has 2 aromatic heterocycles. The topological polar surface area (TPSA) is 92.4 Å². The Labute approximate surface area is 194 Å². The molecule has 2 amide bonds. The van der Waals surface area contributed by atoms with Crippen LogP contribution in [0.5, 0.6) is 0 Å². The van der Waals surface area contributed by atoms with Gasteiger partial charge in [0.1, 0.15) is 5.76 Å². The van der Waals surface area contributed by atoms with E-state index in [2.05, 4.69) is 20.6 Å². The maximum absolute atomic E-state index is 12.6. The number of nitrogens with zero attached hydrogens (tertiary/aromatic N) is 3. The van der Waals surface area contributed by atoms with Gasteiger partial charge in [-0.25, -0.2) is 4.68 Å². The first kappa shape index (κ1) is 22.8. The summed E-state index contributed by atoms with van der Waals surface area (Å²) in [6.45, 7) is 8.08. The van der Waals surface area contributed by atoms with Gasteiger partial charge in [-0.05, 0) is 57.9 Å². The van der Waals surface area contributed by atoms with Crippen LogP contribution in [0.15, 0.2) is 46.9 Å². The van der Waals surface area contributed by atoms with Gasteiger partial charge in [0.25, 0.3) is 5.91 Å². The fraction of sp³-hybridized carbons (Fsp3) is 0.400. The van der Waals surface area contributed by atoms with Gasteiger partial charge >= 0.3 is 0 Å². The molecule has 0 aliphatic carbocycles. The van der Waals surface area contributed by atoms with E-state index in [9.17, 15) is 9.59 Å². The first-order valence-corrected chi connectivity index (χ1v) is 11.4. The molecule has 1 saturated heterocycles. The molecule has 8 nitrogen and oxygen atoms in total. The minimum atomic E-state index is -0.164. The Balaban J connectivity index is 1.23. The second-order valence-corrected chi connectivity index (χ2v) is 8.59. The number of rotatable bonds is 7. The Morgan fingerprint density at radius 1 is 1.06 bits per heavy atom. The number of nitrogens with one attached hydrogen (secondary N) is 2. The van der Waals surface area contributed by atoms with Gasteiger partial charge in [-0.2, -0.15) is 5.10 Å². The lowest BCUT2D eigenvalue weighted by Gasteiger charge is -2.32. The van der Waals surface area contributed by atoms with Crippen LogP contribution in [0.4, 0.5) is 5.69 Å². The van der Waals surface area contributed by atoms with Gasteiger partial charge in [0.05, 0.1) is 22.8 Å². The van der Waals surface area contributed by atoms with Crippen LogP contribution in [0.25, 0.3) is 5.69 Å². The molecule has 3 aromatic rings. The first-order chi connectivity index (χ1) is 15.9. The van der Waals surface area contributed by atoms with E-state index in [1.165, 1.54) is 0 Å². The fourth-order valence-electron chi connectivity index (χ4n) is 4.22. The maximum atomic E-state index is 12.6. The number of para-hydroxylation sites is 1. The summed E-state index contributed by atoms with van der Waals surface area (Å²) in [5, 5.41) is 10.7. The Morgan fingerprint density at radius 2 is 1.79 bits per heavy atom. The van der Waals surface area contributed by atoms with Gasteiger partial charge in [-0.3, -0.25) is 9.59 Å². The standard InChI is InChI=1S/C25H31N5O3/c1-17-9-10-22(33-17)25(32)26-20-11-14-29(15-12-20)16-13-23(31)27-24-18(2)28-30(19(24)3)21-7-5-4-6-8-21/h4-10,20H,11-16H2,1-3H3,(H,26,32)(H,27,31). The molecule has 0 bridgehead atoms. The third kappa shape index (κ3) is 5.51. The van der Waals surface area contributed by atoms with Crippen LogP contribution >= 0.6 is 0 Å². The van der Waals surface area contributed by atoms with E-state index in [-0.39, 0.29) is 17.9 Å². The number of likely N-dealkylation sites (tertiary alicyclic amines) is 1. The number of aryl methyl sites for hydroxylation is 2. The smallest absolute Gasteiger partial charge is 0.287 e. The highest BCUT2D eigenvalue weighted by molar-refractivity contribution is 5.92. The molecule has 0 saturated carbocycles. The summed E-state index contributed by atoms with van der Waals surface area (Å²) in [6.07, 6.45) is 2.13. The molecular formula is C25H31N5O3. The highest BCUT2D eigenvalue weighted by atomic mass is 16.3. The summed E-state index contributed by atoms with van der Waals surface area (Å²) >= 11 is 0. The Hall–Kier alpha value is -3.39. The van der Waals surface area contributed by atoms with Crippen molar-refractivity contribution in [3.63, 3.8) is 0 Å². The monoisotopic (exact) mass is 449 g/mol. The van der Waals surface area contributed by atoms with E-state index in [0.29, 0.717) is 18.7 Å². The third-order valence-corrected chi connectivity index (χ3v) is 6.10. The van der Waals surface area contributed by atoms with E-state index in [1.54, 1.807) is 12.1 Å². The summed E-state index contributed by atoms with van der Waals surface area (Å²) in [7, 11) is 0. The predicted octanol–water partition coefficient (Wildman–Crippen LogP) is 3.61. The Morgan fingerprint density at radius 3 is 2.45 bits per heavy atom. The number of anilines is 1. The number of furan rings is 1. The number of hydrogen-bond donors (Lipinski definition) is 2. The molecule has 0 spiro atoms. The van der Waals surface area contributed by atoms with Crippen molar-refractivity contribution in [2.45, 2.75) is 46.1 Å². The summed E-state index contributed by atoms with van der Waals surface area (Å²) in [4.78, 5) is 27.2. The highest BCUT2D eigenvalue weighted by Crippen LogP contribution is 2.23. The average molecular weight is 450 g/mol. The van der Waals surface area contributed by atoms with Crippen molar-refractivity contribution in [2.24, 2.45) is 0 Å². The molecule has 33 heavy (non-hydrogen) atoms. The number of carbonyl (C=O) groups excluding carboxylic acids is 2. The van der Waals surface area contributed by atoms with Crippen molar-refractivity contribution >= 4 is 17.5 Å². The number of amides is 2. The van der Waals surface area contributed by atoms with Crippen LogP contribution in [0.2, 0.25) is 0 Å². The zero-order valence-electron chi connectivity index (χ0n) is 19.4. The molecule has 1 aliphatic heterocycles. The zero-order valence-corrected chi connectivity index (χ0v) is 19.4. The minimum absolute atomic E-state index is 0.0163. The number of piperidine rings is 1. The molecule has 1 fully saturated rings. The van der Waals surface area contributed by atoms with Crippen LogP contribution in [0.1, 0.15) is 47.0 Å². The van der Waals surface area contributed by atoms with Crippen LogP contribution in [-0.2, 0) is 4.79 Å². The van der Waals surface area contributed by atoms with Gasteiger partial charge in [-0.1, -0.05) is 18.2 Å². The van der Waals surface area contributed by atoms with Crippen molar-refractivity contribution in [2.75, 3.05) is 25.0 Å². The normalized spacial score (nSPS) is 14.9. The molecule has 0 unspecified atom stereocenters. The number of hydrogen-bond acceptors (Lipinski definition) is 5. The molecule has 4 rings (SSSR count). The van der Waals surface area contributed by atoms with Gasteiger partial charge in [0.15, 0.2) is 5.76 Å². The molecule has 0 atom stereocenters. The molecule has 8 heteroatoms. The van der Waals surface area contributed by atoms with Crippen LogP contribution in [0, 0.1) is 20.8 Å². The highest BCUT2D eigenvalue weighted by Gasteiger charge is 2.23. The molecule has 3 heterocycles. The summed E-state index contributed by atoms with van der Waals surface area (Å²) in [5.74, 6) is 0.902. The van der Waals surface area contributed by atoms with Crippen LogP contribution < -0.4 is 10.6 Å². The Bertz CT molecular complexity index is 1110. The van der Waals surface area contributed by atoms with Gasteiger partial charge in [0, 0.05) is 32.1 Å². The molecule has 2 N–H and O–H groups in total. The summed E-state index contributed by atoms with van der Waals surface area (Å²) in [5.41, 5.74) is 3.46. The number of benzene rings is 1. The largest absolute Gasteiger partial charge is 0.456 e. The molecule has 0 radical (unpaired) electrons. The molecule has 1 aromatic carbocycles. The molecule has 174 valence electrons. The van der Waals surface area contributed by atoms with Crippen molar-refractivity contribution < 1.29 is 14.0 Å². The maximum Gasteiger partial charge on any atom is 0.287 e. The SMILES string of the molecule is Cc1ccc(C(=O)NC2CCN(CCC(=O)Nc3c(C)nn(-c4ccccc4)c3C)CC2)o1. The predicted molar refractivity (Wildman–Crippen MR) is 127 cm³/mol. The lowest BCUT2D eigenvalue weighted by atomic mass is 10.0. The van der Waals surface area contributed by atoms with E-state index in [0.717, 1.165) is 54.5 Å². The van der Waals surface area contributed by atoms with Crippen molar-refractivity contribution in [1.82, 2.24) is 20.0 Å². The second kappa shape index (κ2) is 10.0. The van der Waals surface area contributed by atoms with Crippen molar-refractivity contribution in [3.05, 3.63) is 65.4 Å². The lowest BCUT2D eigenvalue weighted by Crippen LogP contribution is -2.45. The number of carbonyl (C=O) groups is 2. The van der Waals surface area contributed by atoms with E-state index in [1.807, 2.05) is 55.8 Å². The lowest BCUT2D eigenvalue weighted by molar-refractivity contribution is -0.116. The number of aromatic nitrogens is 2. The van der Waals surface area contributed by atoms with Gasteiger partial charge in [0.2, 0.25) is 5.91 Å². The van der Waals surface area contributed by atoms with E-state index < -0.39 is 0 Å². The Kier molecular flexibility index (Phi) is 6.93.